The molecule has 41 heavy (non-hydrogen) atoms. The van der Waals surface area contributed by atoms with Gasteiger partial charge in [-0.3, -0.25) is 9.88 Å². The van der Waals surface area contributed by atoms with Gasteiger partial charge in [0.25, 0.3) is 0 Å². The van der Waals surface area contributed by atoms with Crippen molar-refractivity contribution in [3.05, 3.63) is 95.8 Å². The van der Waals surface area contributed by atoms with Gasteiger partial charge in [-0.05, 0) is 89.3 Å². The van der Waals surface area contributed by atoms with E-state index in [0.717, 1.165) is 49.7 Å². The highest BCUT2D eigenvalue weighted by molar-refractivity contribution is 5.72. The van der Waals surface area contributed by atoms with Crippen molar-refractivity contribution >= 4 is 5.69 Å². The lowest BCUT2D eigenvalue weighted by molar-refractivity contribution is 0.255. The zero-order valence-corrected chi connectivity index (χ0v) is 23.0. The fraction of sp³-hybridized carbons (Fsp3) is 0.226. The fourth-order valence-corrected chi connectivity index (χ4v) is 4.98. The third kappa shape index (κ3) is 5.82. The van der Waals surface area contributed by atoms with Gasteiger partial charge in [0.15, 0.2) is 11.5 Å². The van der Waals surface area contributed by atoms with Gasteiger partial charge in [-0.1, -0.05) is 12.1 Å². The molecule has 5 aromatic rings. The molecule has 1 aliphatic rings. The summed E-state index contributed by atoms with van der Waals surface area (Å²) in [5, 5.41) is 13.1. The summed E-state index contributed by atoms with van der Waals surface area (Å²) in [6, 6.07) is 21.4. The molecule has 0 fully saturated rings. The molecule has 2 aromatic heterocycles. The first kappa shape index (κ1) is 26.3. The molecule has 10 heteroatoms. The lowest BCUT2D eigenvalue weighted by atomic mass is 9.98. The van der Waals surface area contributed by atoms with Gasteiger partial charge in [-0.15, -0.1) is 15.0 Å². The van der Waals surface area contributed by atoms with Crippen molar-refractivity contribution in [1.29, 1.82) is 0 Å². The van der Waals surface area contributed by atoms with E-state index in [1.54, 1.807) is 50.9 Å². The average molecular weight is 550 g/mol. The summed E-state index contributed by atoms with van der Waals surface area (Å²) in [5.41, 5.74) is 12.1. The van der Waals surface area contributed by atoms with Crippen molar-refractivity contribution in [3.8, 4) is 40.1 Å². The summed E-state index contributed by atoms with van der Waals surface area (Å²) in [5.74, 6) is 3.30. The molecule has 0 amide bonds. The van der Waals surface area contributed by atoms with Crippen LogP contribution in [0.25, 0.3) is 17.1 Å². The minimum absolute atomic E-state index is 0.423. The minimum atomic E-state index is 0.423. The van der Waals surface area contributed by atoms with E-state index < -0.39 is 0 Å². The number of ether oxygens (including phenoxy) is 3. The van der Waals surface area contributed by atoms with Gasteiger partial charge in [-0.2, -0.15) is 0 Å². The monoisotopic (exact) mass is 549 g/mol. The first-order valence-electron chi connectivity index (χ1n) is 13.4. The van der Waals surface area contributed by atoms with Gasteiger partial charge >= 0.3 is 0 Å². The van der Waals surface area contributed by atoms with Crippen molar-refractivity contribution < 1.29 is 14.2 Å². The highest BCUT2D eigenvalue weighted by Gasteiger charge is 2.19. The zero-order valence-electron chi connectivity index (χ0n) is 23.0. The molecule has 0 aliphatic carbocycles. The van der Waals surface area contributed by atoms with Crippen LogP contribution in [-0.2, 0) is 19.4 Å². The van der Waals surface area contributed by atoms with Crippen LogP contribution in [0.4, 0.5) is 5.69 Å². The minimum Gasteiger partial charge on any atom is -0.493 e. The molecule has 6 rings (SSSR count). The van der Waals surface area contributed by atoms with E-state index >= 15 is 0 Å². The Morgan fingerprint density at radius 3 is 2.37 bits per heavy atom. The molecule has 0 atom stereocenters. The van der Waals surface area contributed by atoms with Gasteiger partial charge in [0.05, 0.1) is 19.9 Å². The van der Waals surface area contributed by atoms with E-state index in [9.17, 15) is 0 Å². The summed E-state index contributed by atoms with van der Waals surface area (Å²) < 4.78 is 16.9. The Kier molecular flexibility index (Phi) is 7.46. The maximum atomic E-state index is 6.23. The number of fused-ring (bicyclic) bond motifs is 1. The SMILES string of the molecule is COc1cc2c(cc1OC)CN(CCc1ccc(-n3nnc(-c4cc(Oc5ccncc5)ccc4N)n3)cc1)CC2. The topological polar surface area (TPSA) is 113 Å². The lowest BCUT2D eigenvalue weighted by Crippen LogP contribution is -2.32. The third-order valence-corrected chi connectivity index (χ3v) is 7.25. The van der Waals surface area contributed by atoms with Crippen molar-refractivity contribution in [2.24, 2.45) is 0 Å². The van der Waals surface area contributed by atoms with Gasteiger partial charge in [0.1, 0.15) is 11.5 Å². The summed E-state index contributed by atoms with van der Waals surface area (Å²) in [7, 11) is 3.36. The number of aromatic nitrogens is 5. The van der Waals surface area contributed by atoms with Crippen LogP contribution in [0.15, 0.2) is 79.1 Å². The smallest absolute Gasteiger partial charge is 0.207 e. The standard InChI is InChI=1S/C31H31N7O3/c1-39-29-17-22-12-16-37(20-23(22)18-30(29)40-2)15-11-21-3-5-24(6-4-21)38-35-31(34-36-38)27-19-26(7-8-28(27)32)41-25-9-13-33-14-10-25/h3-10,13-14,17-19H,11-12,15-16,20,32H2,1-2H3. The van der Waals surface area contributed by atoms with E-state index in [-0.39, 0.29) is 0 Å². The molecule has 0 unspecified atom stereocenters. The Morgan fingerprint density at radius 1 is 0.854 bits per heavy atom. The largest absolute Gasteiger partial charge is 0.493 e. The predicted octanol–water partition coefficient (Wildman–Crippen LogP) is 4.72. The van der Waals surface area contributed by atoms with Crippen LogP contribution < -0.4 is 19.9 Å². The number of nitrogens with zero attached hydrogens (tertiary/aromatic N) is 6. The second-order valence-electron chi connectivity index (χ2n) is 9.86. The highest BCUT2D eigenvalue weighted by atomic mass is 16.5. The Bertz CT molecular complexity index is 1640. The number of tetrazole rings is 1. The highest BCUT2D eigenvalue weighted by Crippen LogP contribution is 2.33. The van der Waals surface area contributed by atoms with Crippen molar-refractivity contribution in [2.45, 2.75) is 19.4 Å². The lowest BCUT2D eigenvalue weighted by Gasteiger charge is -2.29. The van der Waals surface area contributed by atoms with E-state index in [1.807, 2.05) is 18.2 Å². The number of nitrogen functional groups attached to an aromatic ring is 1. The number of nitrogens with two attached hydrogens (primary N) is 1. The van der Waals surface area contributed by atoms with Crippen molar-refractivity contribution in [2.75, 3.05) is 33.0 Å². The Labute approximate surface area is 238 Å². The molecular weight excluding hydrogens is 518 g/mol. The van der Waals surface area contributed by atoms with E-state index in [4.69, 9.17) is 19.9 Å². The van der Waals surface area contributed by atoms with Gasteiger partial charge in [0, 0.05) is 43.3 Å². The number of methoxy groups -OCH3 is 2. The molecule has 1 aliphatic heterocycles. The summed E-state index contributed by atoms with van der Waals surface area (Å²) in [4.78, 5) is 8.00. The predicted molar refractivity (Wildman–Crippen MR) is 156 cm³/mol. The summed E-state index contributed by atoms with van der Waals surface area (Å²) >= 11 is 0. The first-order chi connectivity index (χ1) is 20.1. The maximum Gasteiger partial charge on any atom is 0.207 e. The van der Waals surface area contributed by atoms with E-state index in [1.165, 1.54) is 21.5 Å². The number of hydrogen-bond acceptors (Lipinski definition) is 9. The van der Waals surface area contributed by atoms with E-state index in [2.05, 4.69) is 49.6 Å². The Morgan fingerprint density at radius 2 is 1.61 bits per heavy atom. The summed E-state index contributed by atoms with van der Waals surface area (Å²) in [6.45, 7) is 2.89. The van der Waals surface area contributed by atoms with Gasteiger partial charge < -0.3 is 19.9 Å². The fourth-order valence-electron chi connectivity index (χ4n) is 4.98. The number of benzene rings is 3. The second kappa shape index (κ2) is 11.6. The zero-order chi connectivity index (χ0) is 28.2. The Hall–Kier alpha value is -4.96. The molecule has 2 N–H and O–H groups in total. The molecule has 0 bridgehead atoms. The molecular formula is C31H31N7O3. The summed E-state index contributed by atoms with van der Waals surface area (Å²) in [6.07, 6.45) is 5.29. The molecule has 10 nitrogen and oxygen atoms in total. The van der Waals surface area contributed by atoms with Gasteiger partial charge in [0.2, 0.25) is 5.82 Å². The quantitative estimate of drug-likeness (QED) is 0.261. The molecule has 208 valence electrons. The van der Waals surface area contributed by atoms with Crippen molar-refractivity contribution in [1.82, 2.24) is 30.1 Å². The van der Waals surface area contributed by atoms with Crippen molar-refractivity contribution in [3.63, 3.8) is 0 Å². The van der Waals surface area contributed by atoms with Crippen LogP contribution in [0.1, 0.15) is 16.7 Å². The van der Waals surface area contributed by atoms with E-state index in [0.29, 0.717) is 28.6 Å². The first-order valence-corrected chi connectivity index (χ1v) is 13.4. The van der Waals surface area contributed by atoms with Crippen LogP contribution >= 0.6 is 0 Å². The van der Waals surface area contributed by atoms with Crippen LogP contribution in [0.3, 0.4) is 0 Å². The molecule has 3 aromatic carbocycles. The molecule has 0 spiro atoms. The second-order valence-corrected chi connectivity index (χ2v) is 9.86. The third-order valence-electron chi connectivity index (χ3n) is 7.25. The average Bonchev–Trinajstić information content (AvgIpc) is 3.51. The van der Waals surface area contributed by atoms with Crippen LogP contribution in [-0.4, -0.2) is 57.4 Å². The van der Waals surface area contributed by atoms with Gasteiger partial charge in [-0.25, -0.2) is 0 Å². The molecule has 0 radical (unpaired) electrons. The number of pyridine rings is 1. The molecule has 0 saturated carbocycles. The molecule has 3 heterocycles. The normalized spacial score (nSPS) is 13.0. The van der Waals surface area contributed by atoms with Crippen LogP contribution in [0.2, 0.25) is 0 Å². The number of rotatable bonds is 9. The van der Waals surface area contributed by atoms with Crippen LogP contribution in [0.5, 0.6) is 23.0 Å². The maximum absolute atomic E-state index is 6.23. The van der Waals surface area contributed by atoms with Crippen LogP contribution in [0, 0.1) is 0 Å². The Balaban J connectivity index is 1.09. The molecule has 0 saturated heterocycles. The number of anilines is 1. The number of hydrogen-bond donors (Lipinski definition) is 1.